The topological polar surface area (TPSA) is 63.3 Å². The van der Waals surface area contributed by atoms with E-state index in [9.17, 15) is 18.0 Å². The number of fused-ring (bicyclic) bond motifs is 1. The quantitative estimate of drug-likeness (QED) is 0.767. The fourth-order valence-corrected chi connectivity index (χ4v) is 2.94. The van der Waals surface area contributed by atoms with Gasteiger partial charge in [0.1, 0.15) is 5.56 Å². The van der Waals surface area contributed by atoms with Gasteiger partial charge in [-0.2, -0.15) is 13.2 Å². The minimum atomic E-state index is -4.42. The maximum Gasteiger partial charge on any atom is 0.416 e. The number of carbonyl (C=O) groups is 1. The number of benzene rings is 1. The number of carboxylic acid groups (broad SMARTS) is 1. The summed E-state index contributed by atoms with van der Waals surface area (Å²) in [6, 6.07) is 4.82. The first-order chi connectivity index (χ1) is 9.86. The normalized spacial score (nSPS) is 12.0. The van der Waals surface area contributed by atoms with Crippen molar-refractivity contribution < 1.29 is 27.6 Å². The Morgan fingerprint density at radius 3 is 2.71 bits per heavy atom. The Labute approximate surface area is 119 Å². The van der Waals surface area contributed by atoms with E-state index in [1.807, 2.05) is 0 Å². The van der Waals surface area contributed by atoms with Crippen molar-refractivity contribution in [2.24, 2.45) is 0 Å². The van der Waals surface area contributed by atoms with Crippen LogP contribution in [-0.4, -0.2) is 16.2 Å². The van der Waals surface area contributed by atoms with E-state index in [-0.39, 0.29) is 11.3 Å². The highest BCUT2D eigenvalue weighted by Crippen LogP contribution is 2.38. The molecular formula is C13H6F3NO3S. The maximum atomic E-state index is 12.7. The Bertz CT molecular complexity index is 835. The third-order valence-electron chi connectivity index (χ3n) is 2.87. The Morgan fingerprint density at radius 2 is 2.05 bits per heavy atom. The van der Waals surface area contributed by atoms with Gasteiger partial charge in [0.2, 0.25) is 0 Å². The number of nitrogens with zero attached hydrogens (tertiary/aromatic N) is 1. The number of thiophene rings is 1. The third kappa shape index (κ3) is 2.38. The van der Waals surface area contributed by atoms with Crippen LogP contribution in [0.15, 0.2) is 35.0 Å². The highest BCUT2D eigenvalue weighted by molar-refractivity contribution is 7.22. The van der Waals surface area contributed by atoms with Gasteiger partial charge in [-0.3, -0.25) is 0 Å². The van der Waals surface area contributed by atoms with Gasteiger partial charge in [0.05, 0.1) is 16.6 Å². The van der Waals surface area contributed by atoms with E-state index >= 15 is 0 Å². The highest BCUT2D eigenvalue weighted by Gasteiger charge is 2.30. The predicted molar refractivity (Wildman–Crippen MR) is 69.3 cm³/mol. The molecule has 0 amide bonds. The molecule has 3 rings (SSSR count). The Kier molecular flexibility index (Phi) is 2.98. The van der Waals surface area contributed by atoms with E-state index in [1.54, 1.807) is 0 Å². The van der Waals surface area contributed by atoms with Crippen LogP contribution < -0.4 is 0 Å². The number of aromatic nitrogens is 1. The minimum Gasteiger partial charge on any atom is -0.477 e. The van der Waals surface area contributed by atoms with Crippen molar-refractivity contribution in [3.8, 4) is 10.6 Å². The van der Waals surface area contributed by atoms with Crippen molar-refractivity contribution in [3.05, 3.63) is 41.6 Å². The lowest BCUT2D eigenvalue weighted by molar-refractivity contribution is -0.137. The average molecular weight is 313 g/mol. The standard InChI is InChI=1S/C13H6F3NO3S/c14-13(15,16)7-1-2-9-6(3-7)4-10(21-9)11-8(12(18)19)5-17-20-11/h1-5H,(H,18,19). The summed E-state index contributed by atoms with van der Waals surface area (Å²) < 4.78 is 43.5. The largest absolute Gasteiger partial charge is 0.477 e. The summed E-state index contributed by atoms with van der Waals surface area (Å²) in [6.07, 6.45) is -3.36. The van der Waals surface area contributed by atoms with Crippen molar-refractivity contribution in [2.45, 2.75) is 6.18 Å². The second kappa shape index (κ2) is 4.59. The van der Waals surface area contributed by atoms with Gasteiger partial charge in [-0.05, 0) is 29.7 Å². The molecule has 0 aliphatic rings. The van der Waals surface area contributed by atoms with Crippen molar-refractivity contribution in [1.82, 2.24) is 5.16 Å². The van der Waals surface area contributed by atoms with Gasteiger partial charge in [0.25, 0.3) is 0 Å². The number of hydrogen-bond acceptors (Lipinski definition) is 4. The first-order valence-electron chi connectivity index (χ1n) is 5.65. The first kappa shape index (κ1) is 13.6. The van der Waals surface area contributed by atoms with Crippen LogP contribution in [0, 0.1) is 0 Å². The van der Waals surface area contributed by atoms with Crippen LogP contribution in [0.2, 0.25) is 0 Å². The highest BCUT2D eigenvalue weighted by atomic mass is 32.1. The number of carboxylic acids is 1. The van der Waals surface area contributed by atoms with Gasteiger partial charge in [-0.1, -0.05) is 5.16 Å². The van der Waals surface area contributed by atoms with Crippen LogP contribution in [0.25, 0.3) is 20.7 Å². The summed E-state index contributed by atoms with van der Waals surface area (Å²) in [5.74, 6) is -1.17. The monoisotopic (exact) mass is 313 g/mol. The fraction of sp³-hybridized carbons (Fsp3) is 0.0769. The Balaban J connectivity index is 2.13. The van der Waals surface area contributed by atoms with Gasteiger partial charge >= 0.3 is 12.1 Å². The fourth-order valence-electron chi connectivity index (χ4n) is 1.90. The number of rotatable bonds is 2. The zero-order valence-electron chi connectivity index (χ0n) is 10.1. The zero-order chi connectivity index (χ0) is 15.2. The lowest BCUT2D eigenvalue weighted by atomic mass is 10.1. The predicted octanol–water partition coefficient (Wildman–Crippen LogP) is 4.27. The summed E-state index contributed by atoms with van der Waals surface area (Å²) in [5, 5.41) is 12.8. The smallest absolute Gasteiger partial charge is 0.416 e. The average Bonchev–Trinajstić information content (AvgIpc) is 3.02. The van der Waals surface area contributed by atoms with Crippen molar-refractivity contribution in [1.29, 1.82) is 0 Å². The van der Waals surface area contributed by atoms with Crippen LogP contribution >= 0.6 is 11.3 Å². The number of hydrogen-bond donors (Lipinski definition) is 1. The molecule has 8 heteroatoms. The van der Waals surface area contributed by atoms with Crippen molar-refractivity contribution in [2.75, 3.05) is 0 Å². The van der Waals surface area contributed by atoms with Gasteiger partial charge in [-0.25, -0.2) is 4.79 Å². The molecule has 108 valence electrons. The summed E-state index contributed by atoms with van der Waals surface area (Å²) in [7, 11) is 0. The summed E-state index contributed by atoms with van der Waals surface area (Å²) in [5.41, 5.74) is -0.882. The molecule has 0 spiro atoms. The molecule has 0 bridgehead atoms. The van der Waals surface area contributed by atoms with Gasteiger partial charge in [0, 0.05) is 4.70 Å². The second-order valence-electron chi connectivity index (χ2n) is 4.23. The van der Waals surface area contributed by atoms with Crippen LogP contribution in [-0.2, 0) is 6.18 Å². The SMILES string of the molecule is O=C(O)c1cnoc1-c1cc2cc(C(F)(F)F)ccc2s1. The van der Waals surface area contributed by atoms with E-state index in [0.717, 1.165) is 29.7 Å². The molecule has 0 saturated carbocycles. The zero-order valence-corrected chi connectivity index (χ0v) is 11.0. The van der Waals surface area contributed by atoms with Crippen LogP contribution in [0.5, 0.6) is 0 Å². The van der Waals surface area contributed by atoms with Crippen LogP contribution in [0.4, 0.5) is 13.2 Å². The molecule has 21 heavy (non-hydrogen) atoms. The van der Waals surface area contributed by atoms with Gasteiger partial charge < -0.3 is 9.63 Å². The van der Waals surface area contributed by atoms with Crippen molar-refractivity contribution in [3.63, 3.8) is 0 Å². The molecule has 0 aliphatic carbocycles. The summed E-state index contributed by atoms with van der Waals surface area (Å²) >= 11 is 1.14. The second-order valence-corrected chi connectivity index (χ2v) is 5.32. The molecule has 0 atom stereocenters. The molecule has 0 fully saturated rings. The Morgan fingerprint density at radius 1 is 1.29 bits per heavy atom. The molecule has 0 radical (unpaired) electrons. The number of halogens is 3. The molecule has 3 aromatic rings. The maximum absolute atomic E-state index is 12.7. The van der Waals surface area contributed by atoms with Gasteiger partial charge in [-0.15, -0.1) is 11.3 Å². The van der Waals surface area contributed by atoms with Crippen LogP contribution in [0.1, 0.15) is 15.9 Å². The summed E-state index contributed by atoms with van der Waals surface area (Å²) in [4.78, 5) is 11.4. The van der Waals surface area contributed by atoms with E-state index in [2.05, 4.69) is 5.16 Å². The molecule has 0 saturated heterocycles. The lowest BCUT2D eigenvalue weighted by Crippen LogP contribution is -2.03. The molecule has 0 aliphatic heterocycles. The molecule has 1 aromatic carbocycles. The summed E-state index contributed by atoms with van der Waals surface area (Å²) in [6.45, 7) is 0. The third-order valence-corrected chi connectivity index (χ3v) is 3.98. The molecule has 0 unspecified atom stereocenters. The lowest BCUT2D eigenvalue weighted by Gasteiger charge is -2.05. The van der Waals surface area contributed by atoms with E-state index in [4.69, 9.17) is 9.63 Å². The molecular weight excluding hydrogens is 307 g/mol. The number of aromatic carboxylic acids is 1. The van der Waals surface area contributed by atoms with E-state index in [0.29, 0.717) is 15.0 Å². The number of alkyl halides is 3. The molecule has 4 nitrogen and oxygen atoms in total. The van der Waals surface area contributed by atoms with Gasteiger partial charge in [0.15, 0.2) is 5.76 Å². The van der Waals surface area contributed by atoms with Crippen molar-refractivity contribution >= 4 is 27.4 Å². The van der Waals surface area contributed by atoms with E-state index in [1.165, 1.54) is 12.1 Å². The van der Waals surface area contributed by atoms with Crippen LogP contribution in [0.3, 0.4) is 0 Å². The van der Waals surface area contributed by atoms with E-state index < -0.39 is 17.7 Å². The molecule has 1 N–H and O–H groups in total. The molecule has 2 heterocycles. The Hall–Kier alpha value is -2.35. The minimum absolute atomic E-state index is 0.0391. The first-order valence-corrected chi connectivity index (χ1v) is 6.47. The molecule has 2 aromatic heterocycles.